The average Bonchev–Trinajstić information content (AvgIpc) is 3.20. The van der Waals surface area contributed by atoms with Crippen LogP contribution in [-0.4, -0.2) is 57.3 Å². The Morgan fingerprint density at radius 1 is 1.29 bits per heavy atom. The summed E-state index contributed by atoms with van der Waals surface area (Å²) in [5, 5.41) is 13.2. The molecule has 3 aromatic heterocycles. The number of halogens is 2. The van der Waals surface area contributed by atoms with Crippen molar-refractivity contribution in [3.8, 4) is 0 Å². The minimum Gasteiger partial charge on any atom is -0.379 e. The Bertz CT molecular complexity index is 1300. The maximum Gasteiger partial charge on any atom is 0.274 e. The van der Waals surface area contributed by atoms with Gasteiger partial charge in [-0.05, 0) is 25.0 Å². The van der Waals surface area contributed by atoms with Crippen molar-refractivity contribution < 1.29 is 18.3 Å². The van der Waals surface area contributed by atoms with Gasteiger partial charge in [-0.15, -0.1) is 0 Å². The van der Waals surface area contributed by atoms with E-state index in [9.17, 15) is 18.4 Å². The summed E-state index contributed by atoms with van der Waals surface area (Å²) in [5.41, 5.74) is 0.358. The van der Waals surface area contributed by atoms with E-state index in [1.54, 1.807) is 32.4 Å². The second-order valence-corrected chi connectivity index (χ2v) is 8.68. The first kappa shape index (κ1) is 22.3. The number of fused-ring (bicyclic) bond motifs is 1. The smallest absolute Gasteiger partial charge is 0.274 e. The minimum absolute atomic E-state index is 0.0142. The fourth-order valence-corrected chi connectivity index (χ4v) is 4.39. The fraction of sp³-hybridized carbons (Fsp3) is 0.455. The number of rotatable bonds is 7. The van der Waals surface area contributed by atoms with Crippen molar-refractivity contribution in [3.63, 3.8) is 0 Å². The first-order valence-electron chi connectivity index (χ1n) is 11.1. The zero-order valence-electron chi connectivity index (χ0n) is 18.7. The molecule has 3 heterocycles. The van der Waals surface area contributed by atoms with Crippen LogP contribution in [0.25, 0.3) is 5.65 Å². The van der Waals surface area contributed by atoms with Gasteiger partial charge in [0.1, 0.15) is 22.9 Å². The summed E-state index contributed by atoms with van der Waals surface area (Å²) in [5.74, 6) is -2.20. The molecule has 12 heteroatoms. The zero-order chi connectivity index (χ0) is 24.0. The van der Waals surface area contributed by atoms with Crippen LogP contribution in [-0.2, 0) is 4.74 Å². The van der Waals surface area contributed by atoms with Crippen LogP contribution in [0.15, 0.2) is 35.4 Å². The van der Waals surface area contributed by atoms with E-state index in [0.717, 1.165) is 12.8 Å². The van der Waals surface area contributed by atoms with E-state index in [0.29, 0.717) is 17.3 Å². The van der Waals surface area contributed by atoms with Crippen LogP contribution in [0, 0.1) is 0 Å². The standard InChI is InChI=1S/C22H25F2N7O3/c1-25-18-8-17(27-15-4-3-7-30(21(15)33)12-9-22(23,24)10-12)29-19-13(11-26-31(18)19)20(32)28-14-5-6-16(14)34-2/h3-4,7-8,11-12,14,16,25H,5-6,9-10H2,1-2H3,(H,27,29)(H,28,32)/t14-,16-/m1/s1. The Kier molecular flexibility index (Phi) is 5.47. The maximum absolute atomic E-state index is 13.3. The highest BCUT2D eigenvalue weighted by molar-refractivity contribution is 6.00. The molecular formula is C22H25F2N7O3. The van der Waals surface area contributed by atoms with E-state index in [1.165, 1.54) is 21.5 Å². The van der Waals surface area contributed by atoms with Gasteiger partial charge in [-0.2, -0.15) is 9.61 Å². The highest BCUT2D eigenvalue weighted by atomic mass is 19.3. The molecule has 0 unspecified atom stereocenters. The predicted molar refractivity (Wildman–Crippen MR) is 121 cm³/mol. The Balaban J connectivity index is 1.44. The van der Waals surface area contributed by atoms with E-state index >= 15 is 0 Å². The molecule has 0 aromatic carbocycles. The molecule has 1 amide bonds. The number of methoxy groups -OCH3 is 1. The van der Waals surface area contributed by atoms with Crippen molar-refractivity contribution >= 4 is 28.9 Å². The first-order chi connectivity index (χ1) is 16.3. The number of hydrogen-bond donors (Lipinski definition) is 3. The summed E-state index contributed by atoms with van der Waals surface area (Å²) >= 11 is 0. The van der Waals surface area contributed by atoms with Gasteiger partial charge in [0, 0.05) is 45.3 Å². The lowest BCUT2D eigenvalue weighted by Gasteiger charge is -2.36. The SMILES string of the molecule is CNc1cc(Nc2cccn(C3CC(F)(F)C3)c2=O)nc2c(C(=O)N[C@@H]3CC[C@H]3OC)cnn12. The molecule has 0 saturated heterocycles. The van der Waals surface area contributed by atoms with Crippen LogP contribution in [0.1, 0.15) is 42.1 Å². The molecule has 34 heavy (non-hydrogen) atoms. The molecule has 180 valence electrons. The number of pyridine rings is 1. The first-order valence-corrected chi connectivity index (χ1v) is 11.1. The van der Waals surface area contributed by atoms with Crippen LogP contribution in [0.3, 0.4) is 0 Å². The molecule has 3 N–H and O–H groups in total. The number of anilines is 3. The number of nitrogens with one attached hydrogen (secondary N) is 3. The summed E-state index contributed by atoms with van der Waals surface area (Å²) in [6.07, 6.45) is 3.94. The molecule has 0 radical (unpaired) electrons. The Hall–Kier alpha value is -3.54. The van der Waals surface area contributed by atoms with Gasteiger partial charge in [0.15, 0.2) is 5.65 Å². The van der Waals surface area contributed by atoms with Crippen molar-refractivity contribution in [1.82, 2.24) is 24.5 Å². The van der Waals surface area contributed by atoms with Gasteiger partial charge in [-0.3, -0.25) is 9.59 Å². The average molecular weight is 473 g/mol. The molecule has 2 aliphatic rings. The molecule has 2 atom stereocenters. The number of carbonyl (C=O) groups excluding carboxylic acids is 1. The second-order valence-electron chi connectivity index (χ2n) is 8.68. The Morgan fingerprint density at radius 2 is 2.09 bits per heavy atom. The number of hydrogen-bond acceptors (Lipinski definition) is 7. The Labute approximate surface area is 193 Å². The number of alkyl halides is 2. The molecule has 2 fully saturated rings. The summed E-state index contributed by atoms with van der Waals surface area (Å²) in [4.78, 5) is 30.3. The van der Waals surface area contributed by atoms with E-state index < -0.39 is 17.5 Å². The topological polar surface area (TPSA) is 115 Å². The summed E-state index contributed by atoms with van der Waals surface area (Å²) < 4.78 is 34.8. The van der Waals surface area contributed by atoms with Crippen molar-refractivity contribution in [2.24, 2.45) is 0 Å². The normalized spacial score (nSPS) is 21.5. The summed E-state index contributed by atoms with van der Waals surface area (Å²) in [6, 6.07) is 4.22. The third kappa shape index (κ3) is 3.87. The predicted octanol–water partition coefficient (Wildman–Crippen LogP) is 2.55. The van der Waals surface area contributed by atoms with Gasteiger partial charge in [-0.1, -0.05) is 0 Å². The van der Waals surface area contributed by atoms with Gasteiger partial charge in [0.05, 0.1) is 18.3 Å². The van der Waals surface area contributed by atoms with Gasteiger partial charge in [0.25, 0.3) is 17.4 Å². The van der Waals surface area contributed by atoms with Crippen LogP contribution < -0.4 is 21.5 Å². The lowest BCUT2D eigenvalue weighted by molar-refractivity contribution is -0.104. The molecule has 0 spiro atoms. The number of amides is 1. The van der Waals surface area contributed by atoms with Crippen LogP contribution in [0.2, 0.25) is 0 Å². The van der Waals surface area contributed by atoms with E-state index in [1.807, 2.05) is 0 Å². The maximum atomic E-state index is 13.3. The number of carbonyl (C=O) groups is 1. The van der Waals surface area contributed by atoms with Gasteiger partial charge in [-0.25, -0.2) is 13.8 Å². The zero-order valence-corrected chi connectivity index (χ0v) is 18.7. The minimum atomic E-state index is -2.73. The molecule has 0 bridgehead atoms. The monoisotopic (exact) mass is 473 g/mol. The van der Waals surface area contributed by atoms with Crippen LogP contribution in [0.4, 0.5) is 26.1 Å². The molecule has 5 rings (SSSR count). The molecule has 0 aliphatic heterocycles. The highest BCUT2D eigenvalue weighted by Crippen LogP contribution is 2.44. The molecule has 10 nitrogen and oxygen atoms in total. The van der Waals surface area contributed by atoms with Crippen molar-refractivity contribution in [3.05, 3.63) is 46.5 Å². The lowest BCUT2D eigenvalue weighted by atomic mass is 9.88. The number of ether oxygens (including phenoxy) is 1. The van der Waals surface area contributed by atoms with Crippen LogP contribution in [0.5, 0.6) is 0 Å². The Morgan fingerprint density at radius 3 is 2.74 bits per heavy atom. The summed E-state index contributed by atoms with van der Waals surface area (Å²) in [6.45, 7) is 0. The molecule has 3 aromatic rings. The highest BCUT2D eigenvalue weighted by Gasteiger charge is 2.46. The lowest BCUT2D eigenvalue weighted by Crippen LogP contribution is -2.51. The fourth-order valence-electron chi connectivity index (χ4n) is 4.39. The summed E-state index contributed by atoms with van der Waals surface area (Å²) in [7, 11) is 3.31. The van der Waals surface area contributed by atoms with Crippen molar-refractivity contribution in [2.45, 2.75) is 49.8 Å². The van der Waals surface area contributed by atoms with E-state index in [-0.39, 0.29) is 42.1 Å². The molecule has 2 aliphatic carbocycles. The third-order valence-electron chi connectivity index (χ3n) is 6.50. The van der Waals surface area contributed by atoms with Crippen molar-refractivity contribution in [1.29, 1.82) is 0 Å². The van der Waals surface area contributed by atoms with E-state index in [2.05, 4.69) is 26.0 Å². The quantitative estimate of drug-likeness (QED) is 0.483. The molecular weight excluding hydrogens is 448 g/mol. The number of aromatic nitrogens is 4. The second kappa shape index (κ2) is 8.35. The van der Waals surface area contributed by atoms with Crippen LogP contribution >= 0.6 is 0 Å². The largest absolute Gasteiger partial charge is 0.379 e. The third-order valence-corrected chi connectivity index (χ3v) is 6.50. The van der Waals surface area contributed by atoms with Gasteiger partial charge >= 0.3 is 0 Å². The number of nitrogens with zero attached hydrogens (tertiary/aromatic N) is 4. The van der Waals surface area contributed by atoms with Crippen molar-refractivity contribution in [2.75, 3.05) is 24.8 Å². The van der Waals surface area contributed by atoms with Gasteiger partial charge in [0.2, 0.25) is 0 Å². The molecule has 2 saturated carbocycles. The van der Waals surface area contributed by atoms with Gasteiger partial charge < -0.3 is 25.3 Å². The van der Waals surface area contributed by atoms with E-state index in [4.69, 9.17) is 4.74 Å².